The van der Waals surface area contributed by atoms with E-state index in [1.54, 1.807) is 12.0 Å². The molecule has 1 aliphatic carbocycles. The number of hydrogen-bond donors (Lipinski definition) is 2. The second-order valence-corrected chi connectivity index (χ2v) is 7.48. The molecule has 3 atom stereocenters. The number of aromatic amines is 1. The summed E-state index contributed by atoms with van der Waals surface area (Å²) in [5, 5.41) is 0. The molecule has 1 aromatic heterocycles. The molecule has 26 heavy (non-hydrogen) atoms. The maximum Gasteiger partial charge on any atom is 0.255 e. The van der Waals surface area contributed by atoms with Crippen molar-refractivity contribution in [3.05, 3.63) is 21.6 Å². The number of rotatable bonds is 3. The van der Waals surface area contributed by atoms with Gasteiger partial charge in [0.1, 0.15) is 0 Å². The quantitative estimate of drug-likeness (QED) is 0.777. The van der Waals surface area contributed by atoms with E-state index in [0.29, 0.717) is 43.9 Å². The minimum absolute atomic E-state index is 0.00431. The summed E-state index contributed by atoms with van der Waals surface area (Å²) < 4.78 is 5.44. The molecule has 1 aromatic rings. The first kappa shape index (κ1) is 18.8. The van der Waals surface area contributed by atoms with E-state index in [4.69, 9.17) is 10.5 Å². The molecule has 0 saturated heterocycles. The van der Waals surface area contributed by atoms with Gasteiger partial charge in [-0.3, -0.25) is 14.6 Å². The molecule has 0 aromatic carbocycles. The highest BCUT2D eigenvalue weighted by Gasteiger charge is 2.35. The molecule has 0 unspecified atom stereocenters. The largest absolute Gasteiger partial charge is 0.380 e. The van der Waals surface area contributed by atoms with Gasteiger partial charge in [0.15, 0.2) is 0 Å². The molecule has 2 aliphatic rings. The average Bonchev–Trinajstić information content (AvgIpc) is 2.84. The van der Waals surface area contributed by atoms with Crippen LogP contribution in [0.3, 0.4) is 0 Å². The fourth-order valence-electron chi connectivity index (χ4n) is 3.93. The van der Waals surface area contributed by atoms with Crippen LogP contribution in [0.4, 0.5) is 5.95 Å². The molecule has 144 valence electrons. The number of nitrogens with one attached hydrogen (secondary N) is 1. The number of fused-ring (bicyclic) bond motifs is 1. The molecular formula is C18H29N5O3. The third-order valence-corrected chi connectivity index (χ3v) is 5.57. The Balaban J connectivity index is 1.72. The molecular weight excluding hydrogens is 334 g/mol. The number of aromatic nitrogens is 2. The first-order valence-electron chi connectivity index (χ1n) is 9.27. The maximum absolute atomic E-state index is 13.0. The molecule has 0 bridgehead atoms. The molecule has 3 N–H and O–H groups in total. The predicted octanol–water partition coefficient (Wildman–Crippen LogP) is -0.0945. The van der Waals surface area contributed by atoms with Crippen LogP contribution >= 0.6 is 0 Å². The molecule has 1 aliphatic heterocycles. The van der Waals surface area contributed by atoms with Crippen molar-refractivity contribution in [3.63, 3.8) is 0 Å². The minimum Gasteiger partial charge on any atom is -0.380 e. The lowest BCUT2D eigenvalue weighted by molar-refractivity contribution is -0.138. The Kier molecular flexibility index (Phi) is 5.62. The highest BCUT2D eigenvalue weighted by atomic mass is 16.5. The number of nitrogens with zero attached hydrogens (tertiary/aromatic N) is 3. The molecule has 2 heterocycles. The first-order valence-corrected chi connectivity index (χ1v) is 9.27. The summed E-state index contributed by atoms with van der Waals surface area (Å²) in [7, 11) is 5.34. The van der Waals surface area contributed by atoms with Gasteiger partial charge >= 0.3 is 0 Å². The number of hydrogen-bond acceptors (Lipinski definition) is 6. The van der Waals surface area contributed by atoms with E-state index in [1.165, 1.54) is 0 Å². The first-order chi connectivity index (χ1) is 12.4. The van der Waals surface area contributed by atoms with Crippen LogP contribution in [0.1, 0.15) is 30.5 Å². The van der Waals surface area contributed by atoms with Crippen molar-refractivity contribution in [2.75, 3.05) is 39.2 Å². The van der Waals surface area contributed by atoms with Crippen LogP contribution in [0.2, 0.25) is 0 Å². The molecule has 1 amide bonds. The number of amides is 1. The van der Waals surface area contributed by atoms with Crippen LogP contribution in [0.25, 0.3) is 0 Å². The topological polar surface area (TPSA) is 105 Å². The van der Waals surface area contributed by atoms with Gasteiger partial charge in [-0.2, -0.15) is 0 Å². The van der Waals surface area contributed by atoms with E-state index in [9.17, 15) is 9.59 Å². The van der Waals surface area contributed by atoms with Crippen LogP contribution in [0.5, 0.6) is 0 Å². The van der Waals surface area contributed by atoms with E-state index in [2.05, 4.69) is 9.97 Å². The lowest BCUT2D eigenvalue weighted by Gasteiger charge is -2.35. The fourth-order valence-corrected chi connectivity index (χ4v) is 3.93. The Morgan fingerprint density at radius 1 is 1.31 bits per heavy atom. The van der Waals surface area contributed by atoms with Gasteiger partial charge in [0.2, 0.25) is 11.9 Å². The van der Waals surface area contributed by atoms with E-state index < -0.39 is 0 Å². The Bertz CT molecular complexity index is 717. The van der Waals surface area contributed by atoms with Gasteiger partial charge in [-0.15, -0.1) is 0 Å². The second kappa shape index (κ2) is 7.75. The zero-order valence-corrected chi connectivity index (χ0v) is 15.8. The lowest BCUT2D eigenvalue weighted by Crippen LogP contribution is -2.47. The van der Waals surface area contributed by atoms with Gasteiger partial charge in [-0.25, -0.2) is 4.98 Å². The van der Waals surface area contributed by atoms with Gasteiger partial charge in [0, 0.05) is 58.2 Å². The van der Waals surface area contributed by atoms with Gasteiger partial charge < -0.3 is 20.3 Å². The Labute approximate surface area is 153 Å². The minimum atomic E-state index is -0.101. The Morgan fingerprint density at radius 3 is 2.73 bits per heavy atom. The van der Waals surface area contributed by atoms with E-state index in [-0.39, 0.29) is 29.5 Å². The van der Waals surface area contributed by atoms with E-state index in [1.807, 2.05) is 19.0 Å². The Morgan fingerprint density at radius 2 is 2.04 bits per heavy atom. The van der Waals surface area contributed by atoms with Gasteiger partial charge in [0.25, 0.3) is 5.56 Å². The highest BCUT2D eigenvalue weighted by molar-refractivity contribution is 5.79. The van der Waals surface area contributed by atoms with Gasteiger partial charge in [-0.1, -0.05) is 0 Å². The van der Waals surface area contributed by atoms with Crippen molar-refractivity contribution in [1.82, 2.24) is 14.9 Å². The molecule has 1 fully saturated rings. The van der Waals surface area contributed by atoms with Crippen molar-refractivity contribution in [2.24, 2.45) is 11.7 Å². The van der Waals surface area contributed by atoms with Crippen LogP contribution < -0.4 is 16.2 Å². The lowest BCUT2D eigenvalue weighted by atomic mass is 9.83. The monoisotopic (exact) mass is 363 g/mol. The summed E-state index contributed by atoms with van der Waals surface area (Å²) in [6.07, 6.45) is 3.35. The van der Waals surface area contributed by atoms with E-state index in [0.717, 1.165) is 18.5 Å². The summed E-state index contributed by atoms with van der Waals surface area (Å²) in [5.74, 6) is 0.651. The maximum atomic E-state index is 13.0. The van der Waals surface area contributed by atoms with Gasteiger partial charge in [-0.05, 0) is 25.7 Å². The summed E-state index contributed by atoms with van der Waals surface area (Å²) in [6.45, 7) is 1.15. The normalized spacial score (nSPS) is 26.2. The zero-order valence-electron chi connectivity index (χ0n) is 15.8. The highest BCUT2D eigenvalue weighted by Crippen LogP contribution is 2.28. The summed E-state index contributed by atoms with van der Waals surface area (Å²) in [5.41, 5.74) is 7.47. The number of carbonyl (C=O) groups excluding carboxylic acids is 1. The number of nitrogens with two attached hydrogens (primary N) is 1. The zero-order chi connectivity index (χ0) is 18.8. The molecule has 8 heteroatoms. The molecule has 0 radical (unpaired) electrons. The second-order valence-electron chi connectivity index (χ2n) is 7.48. The van der Waals surface area contributed by atoms with Gasteiger partial charge in [0.05, 0.1) is 11.8 Å². The SMILES string of the molecule is CO[C@@H]1C[C@@H](C(=O)N2CCc3nc(N(C)C)[nH]c(=O)c3CC2)CC[C@H]1N. The van der Waals surface area contributed by atoms with Crippen LogP contribution in [0, 0.1) is 5.92 Å². The van der Waals surface area contributed by atoms with Crippen molar-refractivity contribution in [1.29, 1.82) is 0 Å². The number of methoxy groups -OCH3 is 1. The Hall–Kier alpha value is -1.93. The van der Waals surface area contributed by atoms with Crippen molar-refractivity contribution >= 4 is 11.9 Å². The van der Waals surface area contributed by atoms with Crippen LogP contribution in [0.15, 0.2) is 4.79 Å². The van der Waals surface area contributed by atoms with Crippen LogP contribution in [-0.2, 0) is 22.4 Å². The predicted molar refractivity (Wildman–Crippen MR) is 99.3 cm³/mol. The van der Waals surface area contributed by atoms with E-state index >= 15 is 0 Å². The smallest absolute Gasteiger partial charge is 0.255 e. The number of ether oxygens (including phenoxy) is 1. The third kappa shape index (κ3) is 3.76. The van der Waals surface area contributed by atoms with Crippen molar-refractivity contribution < 1.29 is 9.53 Å². The number of anilines is 1. The average molecular weight is 363 g/mol. The summed E-state index contributed by atoms with van der Waals surface area (Å²) in [4.78, 5) is 36.4. The molecule has 3 rings (SSSR count). The molecule has 8 nitrogen and oxygen atoms in total. The summed E-state index contributed by atoms with van der Waals surface area (Å²) >= 11 is 0. The standard InChI is InChI=1S/C18H29N5O3/c1-22(2)18-20-14-7-9-23(8-6-12(14)16(24)21-18)17(25)11-4-5-13(19)15(10-11)26-3/h11,13,15H,4-10,19H2,1-3H3,(H,20,21,24)/t11-,13+,15+/m0/s1. The third-order valence-electron chi connectivity index (χ3n) is 5.57. The van der Waals surface area contributed by atoms with Crippen molar-refractivity contribution in [3.8, 4) is 0 Å². The number of H-pyrrole nitrogens is 1. The fraction of sp³-hybridized carbons (Fsp3) is 0.722. The summed E-state index contributed by atoms with van der Waals surface area (Å²) in [6, 6.07) is 0.00431. The van der Waals surface area contributed by atoms with Crippen LogP contribution in [-0.4, -0.2) is 67.2 Å². The molecule has 1 saturated carbocycles. The van der Waals surface area contributed by atoms with Crippen molar-refractivity contribution in [2.45, 2.75) is 44.2 Å². The number of carbonyl (C=O) groups is 1. The molecule has 0 spiro atoms.